The van der Waals surface area contributed by atoms with Crippen LogP contribution in [0.3, 0.4) is 0 Å². The Labute approximate surface area is 110 Å². The Morgan fingerprint density at radius 3 is 2.32 bits per heavy atom. The van der Waals surface area contributed by atoms with E-state index in [2.05, 4.69) is 19.9 Å². The standard InChI is InChI=1S/C14H11N5/c15-13-6-12(11-7-16-9-17-8-11)18-14(19-13)10-4-2-1-3-5-10/h1-9H,(H2,15,18,19). The summed E-state index contributed by atoms with van der Waals surface area (Å²) in [6.45, 7) is 0. The maximum Gasteiger partial charge on any atom is 0.162 e. The summed E-state index contributed by atoms with van der Waals surface area (Å²) in [4.78, 5) is 16.7. The lowest BCUT2D eigenvalue weighted by Crippen LogP contribution is -1.98. The average Bonchev–Trinajstić information content (AvgIpc) is 2.48. The molecule has 2 aromatic heterocycles. The summed E-state index contributed by atoms with van der Waals surface area (Å²) in [5.41, 5.74) is 8.29. The van der Waals surface area contributed by atoms with Crippen molar-refractivity contribution >= 4 is 5.82 Å². The van der Waals surface area contributed by atoms with Crippen LogP contribution in [0.1, 0.15) is 0 Å². The minimum absolute atomic E-state index is 0.424. The highest BCUT2D eigenvalue weighted by Crippen LogP contribution is 2.21. The predicted molar refractivity (Wildman–Crippen MR) is 72.9 cm³/mol. The van der Waals surface area contributed by atoms with E-state index in [-0.39, 0.29) is 0 Å². The van der Waals surface area contributed by atoms with Crippen LogP contribution in [0.15, 0.2) is 55.1 Å². The van der Waals surface area contributed by atoms with Gasteiger partial charge in [0.2, 0.25) is 0 Å². The van der Waals surface area contributed by atoms with Gasteiger partial charge in [-0.1, -0.05) is 30.3 Å². The third-order valence-corrected chi connectivity index (χ3v) is 2.63. The van der Waals surface area contributed by atoms with Crippen LogP contribution in [0.2, 0.25) is 0 Å². The molecule has 0 fully saturated rings. The van der Waals surface area contributed by atoms with Crippen molar-refractivity contribution in [1.29, 1.82) is 0 Å². The molecule has 0 radical (unpaired) electrons. The number of anilines is 1. The van der Waals surface area contributed by atoms with Crippen LogP contribution in [0.4, 0.5) is 5.82 Å². The van der Waals surface area contributed by atoms with Crippen LogP contribution < -0.4 is 5.73 Å². The molecule has 0 saturated carbocycles. The Morgan fingerprint density at radius 2 is 1.58 bits per heavy atom. The number of nitrogen functional groups attached to an aromatic ring is 1. The second-order valence-electron chi connectivity index (χ2n) is 3.99. The lowest BCUT2D eigenvalue weighted by molar-refractivity contribution is 1.14. The van der Waals surface area contributed by atoms with E-state index in [4.69, 9.17) is 5.73 Å². The fraction of sp³-hybridized carbons (Fsp3) is 0. The van der Waals surface area contributed by atoms with Gasteiger partial charge in [0.05, 0.1) is 5.69 Å². The first-order valence-electron chi connectivity index (χ1n) is 5.78. The van der Waals surface area contributed by atoms with Crippen molar-refractivity contribution in [3.63, 3.8) is 0 Å². The zero-order valence-electron chi connectivity index (χ0n) is 10.1. The second-order valence-corrected chi connectivity index (χ2v) is 3.99. The van der Waals surface area contributed by atoms with Gasteiger partial charge in [-0.05, 0) is 0 Å². The van der Waals surface area contributed by atoms with E-state index in [0.717, 1.165) is 11.1 Å². The molecule has 3 rings (SSSR count). The molecular formula is C14H11N5. The number of nitrogens with two attached hydrogens (primary N) is 1. The number of rotatable bonds is 2. The zero-order valence-corrected chi connectivity index (χ0v) is 10.1. The highest BCUT2D eigenvalue weighted by atomic mass is 14.9. The first kappa shape index (κ1) is 11.3. The van der Waals surface area contributed by atoms with E-state index < -0.39 is 0 Å². The molecule has 0 saturated heterocycles. The van der Waals surface area contributed by atoms with Crippen molar-refractivity contribution in [1.82, 2.24) is 19.9 Å². The van der Waals surface area contributed by atoms with Crippen molar-refractivity contribution in [2.45, 2.75) is 0 Å². The van der Waals surface area contributed by atoms with Crippen molar-refractivity contribution in [2.75, 3.05) is 5.73 Å². The minimum Gasteiger partial charge on any atom is -0.384 e. The van der Waals surface area contributed by atoms with Crippen molar-refractivity contribution in [3.05, 3.63) is 55.1 Å². The fourth-order valence-corrected chi connectivity index (χ4v) is 1.76. The Balaban J connectivity index is 2.12. The second kappa shape index (κ2) is 4.81. The molecule has 0 bridgehead atoms. The molecule has 0 aliphatic heterocycles. The van der Waals surface area contributed by atoms with Crippen LogP contribution in [0.5, 0.6) is 0 Å². The lowest BCUT2D eigenvalue weighted by Gasteiger charge is -2.05. The van der Waals surface area contributed by atoms with Gasteiger partial charge in [0.25, 0.3) is 0 Å². The molecule has 0 spiro atoms. The normalized spacial score (nSPS) is 10.3. The monoisotopic (exact) mass is 249 g/mol. The highest BCUT2D eigenvalue weighted by molar-refractivity contribution is 5.65. The molecule has 2 heterocycles. The van der Waals surface area contributed by atoms with Crippen LogP contribution in [-0.4, -0.2) is 19.9 Å². The van der Waals surface area contributed by atoms with Crippen LogP contribution >= 0.6 is 0 Å². The third-order valence-electron chi connectivity index (χ3n) is 2.63. The molecule has 3 aromatic rings. The van der Waals surface area contributed by atoms with Crippen LogP contribution in [0, 0.1) is 0 Å². The topological polar surface area (TPSA) is 77.6 Å². The van der Waals surface area contributed by atoms with Gasteiger partial charge < -0.3 is 5.73 Å². The first-order valence-corrected chi connectivity index (χ1v) is 5.78. The molecule has 1 aromatic carbocycles. The van der Waals surface area contributed by atoms with Crippen molar-refractivity contribution in [3.8, 4) is 22.6 Å². The molecule has 0 atom stereocenters. The quantitative estimate of drug-likeness (QED) is 0.753. The Morgan fingerprint density at radius 1 is 0.842 bits per heavy atom. The summed E-state index contributed by atoms with van der Waals surface area (Å²) >= 11 is 0. The Hall–Kier alpha value is -2.82. The molecule has 0 unspecified atom stereocenters. The van der Waals surface area contributed by atoms with E-state index in [1.54, 1.807) is 18.5 Å². The van der Waals surface area contributed by atoms with Gasteiger partial charge >= 0.3 is 0 Å². The molecule has 5 nitrogen and oxygen atoms in total. The Bertz CT molecular complexity index is 625. The molecule has 92 valence electrons. The van der Waals surface area contributed by atoms with Gasteiger partial charge in [-0.3, -0.25) is 0 Å². The van der Waals surface area contributed by atoms with Gasteiger partial charge in [0.1, 0.15) is 12.1 Å². The minimum atomic E-state index is 0.424. The van der Waals surface area contributed by atoms with E-state index >= 15 is 0 Å². The molecule has 0 amide bonds. The van der Waals surface area contributed by atoms with Gasteiger partial charge in [0, 0.05) is 29.6 Å². The van der Waals surface area contributed by atoms with Gasteiger partial charge in [0.15, 0.2) is 5.82 Å². The summed E-state index contributed by atoms with van der Waals surface area (Å²) in [7, 11) is 0. The number of benzene rings is 1. The summed E-state index contributed by atoms with van der Waals surface area (Å²) < 4.78 is 0. The fourth-order valence-electron chi connectivity index (χ4n) is 1.76. The highest BCUT2D eigenvalue weighted by Gasteiger charge is 2.07. The Kier molecular flexibility index (Phi) is 2.86. The maximum atomic E-state index is 5.84. The van der Waals surface area contributed by atoms with Crippen LogP contribution in [0.25, 0.3) is 22.6 Å². The largest absolute Gasteiger partial charge is 0.384 e. The number of hydrogen-bond donors (Lipinski definition) is 1. The molecule has 0 aliphatic rings. The van der Waals surface area contributed by atoms with Gasteiger partial charge in [-0.25, -0.2) is 19.9 Å². The molecule has 19 heavy (non-hydrogen) atoms. The number of hydrogen-bond acceptors (Lipinski definition) is 5. The number of nitrogens with zero attached hydrogens (tertiary/aromatic N) is 4. The van der Waals surface area contributed by atoms with Crippen molar-refractivity contribution in [2.24, 2.45) is 0 Å². The summed E-state index contributed by atoms with van der Waals surface area (Å²) in [5.74, 6) is 1.02. The molecular weight excluding hydrogens is 238 g/mol. The molecule has 2 N–H and O–H groups in total. The SMILES string of the molecule is Nc1cc(-c2cncnc2)nc(-c2ccccc2)n1. The average molecular weight is 249 g/mol. The zero-order chi connectivity index (χ0) is 13.1. The summed E-state index contributed by atoms with van der Waals surface area (Å²) in [5, 5.41) is 0. The third kappa shape index (κ3) is 2.40. The maximum absolute atomic E-state index is 5.84. The van der Waals surface area contributed by atoms with E-state index in [0.29, 0.717) is 17.3 Å². The van der Waals surface area contributed by atoms with E-state index in [9.17, 15) is 0 Å². The van der Waals surface area contributed by atoms with E-state index in [1.165, 1.54) is 6.33 Å². The predicted octanol–water partition coefficient (Wildman–Crippen LogP) is 2.18. The lowest BCUT2D eigenvalue weighted by atomic mass is 10.2. The van der Waals surface area contributed by atoms with E-state index in [1.807, 2.05) is 30.3 Å². The first-order chi connectivity index (χ1) is 9.33. The van der Waals surface area contributed by atoms with Crippen molar-refractivity contribution < 1.29 is 0 Å². The molecule has 0 aliphatic carbocycles. The van der Waals surface area contributed by atoms with Crippen LogP contribution in [-0.2, 0) is 0 Å². The number of aromatic nitrogens is 4. The summed E-state index contributed by atoms with van der Waals surface area (Å²) in [6, 6.07) is 11.4. The van der Waals surface area contributed by atoms with Gasteiger partial charge in [-0.15, -0.1) is 0 Å². The smallest absolute Gasteiger partial charge is 0.162 e. The molecule has 5 heteroatoms. The van der Waals surface area contributed by atoms with Gasteiger partial charge in [-0.2, -0.15) is 0 Å². The summed E-state index contributed by atoms with van der Waals surface area (Å²) in [6.07, 6.45) is 4.87.